The van der Waals surface area contributed by atoms with E-state index in [0.29, 0.717) is 31.7 Å². The van der Waals surface area contributed by atoms with Crippen LogP contribution in [0, 0.1) is 23.7 Å². The molecule has 0 aliphatic heterocycles. The van der Waals surface area contributed by atoms with E-state index in [2.05, 4.69) is 41.5 Å². The van der Waals surface area contributed by atoms with Gasteiger partial charge in [0.1, 0.15) is 0 Å². The minimum atomic E-state index is -0.486. The molecule has 4 nitrogen and oxygen atoms in total. The highest BCUT2D eigenvalue weighted by Crippen LogP contribution is 2.18. The third kappa shape index (κ3) is 19.1. The van der Waals surface area contributed by atoms with Crippen LogP contribution in [0.3, 0.4) is 0 Å². The van der Waals surface area contributed by atoms with E-state index in [-0.39, 0.29) is 12.4 Å². The van der Waals surface area contributed by atoms with E-state index in [9.17, 15) is 4.79 Å². The highest BCUT2D eigenvalue weighted by Gasteiger charge is 2.17. The summed E-state index contributed by atoms with van der Waals surface area (Å²) in [5.74, 6) is 2.57. The van der Waals surface area contributed by atoms with Gasteiger partial charge in [0.2, 0.25) is 0 Å². The predicted octanol–water partition coefficient (Wildman–Crippen LogP) is 7.00. The Morgan fingerprint density at radius 3 is 1.52 bits per heavy atom. The van der Waals surface area contributed by atoms with Crippen LogP contribution < -0.4 is 0 Å². The molecule has 174 valence electrons. The number of carbonyl (C=O) groups excluding carboxylic acids is 1. The molecule has 0 saturated carbocycles. The van der Waals surface area contributed by atoms with Gasteiger partial charge >= 0.3 is 5.97 Å². The molecular formula is C25H50O4. The fourth-order valence-electron chi connectivity index (χ4n) is 3.36. The molecule has 0 aromatic heterocycles. The molecule has 0 spiro atoms. The Hall–Kier alpha value is -0.610. The second-order valence-electron chi connectivity index (χ2n) is 9.62. The minimum absolute atomic E-state index is 0.178. The summed E-state index contributed by atoms with van der Waals surface area (Å²) >= 11 is 0. The van der Waals surface area contributed by atoms with Crippen LogP contribution in [0.25, 0.3) is 0 Å². The summed E-state index contributed by atoms with van der Waals surface area (Å²) in [5.41, 5.74) is 0. The molecule has 2 atom stereocenters. The Morgan fingerprint density at radius 1 is 0.690 bits per heavy atom. The van der Waals surface area contributed by atoms with E-state index in [1.165, 1.54) is 38.5 Å². The van der Waals surface area contributed by atoms with Crippen LogP contribution in [0.2, 0.25) is 0 Å². The van der Waals surface area contributed by atoms with Crippen LogP contribution in [0.15, 0.2) is 0 Å². The van der Waals surface area contributed by atoms with Gasteiger partial charge in [0.25, 0.3) is 0 Å². The number of carbonyl (C=O) groups is 1. The van der Waals surface area contributed by atoms with Gasteiger partial charge in [-0.15, -0.1) is 0 Å². The van der Waals surface area contributed by atoms with E-state index >= 15 is 0 Å². The van der Waals surface area contributed by atoms with Gasteiger partial charge in [-0.2, -0.15) is 0 Å². The summed E-state index contributed by atoms with van der Waals surface area (Å²) in [6.45, 7) is 17.2. The molecule has 4 heteroatoms. The lowest BCUT2D eigenvalue weighted by atomic mass is 9.97. The Balaban J connectivity index is 4.19. The summed E-state index contributed by atoms with van der Waals surface area (Å²) in [6.07, 6.45) is 9.30. The van der Waals surface area contributed by atoms with Crippen molar-refractivity contribution in [3.8, 4) is 0 Å². The van der Waals surface area contributed by atoms with Crippen LogP contribution in [-0.4, -0.2) is 32.1 Å². The van der Waals surface area contributed by atoms with Crippen molar-refractivity contribution >= 4 is 5.97 Å². The molecule has 0 radical (unpaired) electrons. The standard InChI is InChI=1S/C25H50O4/c1-8-27-24(26)19-25(28-17-15-22(6)13-9-11-20(2)3)29-18-16-23(7)14-10-12-21(4)5/h20-23,25H,8-19H2,1-7H3. The molecule has 0 amide bonds. The van der Waals surface area contributed by atoms with Gasteiger partial charge in [0, 0.05) is 0 Å². The zero-order valence-electron chi connectivity index (χ0n) is 20.5. The fourth-order valence-corrected chi connectivity index (χ4v) is 3.36. The molecular weight excluding hydrogens is 364 g/mol. The lowest BCUT2D eigenvalue weighted by Gasteiger charge is -2.20. The van der Waals surface area contributed by atoms with E-state index in [1.807, 2.05) is 6.92 Å². The fraction of sp³-hybridized carbons (Fsp3) is 0.960. The molecule has 0 saturated heterocycles. The van der Waals surface area contributed by atoms with Crippen molar-refractivity contribution in [1.29, 1.82) is 0 Å². The summed E-state index contributed by atoms with van der Waals surface area (Å²) in [4.78, 5) is 11.9. The van der Waals surface area contributed by atoms with Crippen molar-refractivity contribution in [2.24, 2.45) is 23.7 Å². The topological polar surface area (TPSA) is 44.8 Å². The van der Waals surface area contributed by atoms with E-state index in [1.54, 1.807) is 0 Å². The van der Waals surface area contributed by atoms with Crippen LogP contribution in [0.1, 0.15) is 106 Å². The zero-order valence-corrected chi connectivity index (χ0v) is 20.5. The van der Waals surface area contributed by atoms with E-state index in [0.717, 1.165) is 24.7 Å². The van der Waals surface area contributed by atoms with Gasteiger partial charge in [-0.3, -0.25) is 4.79 Å². The predicted molar refractivity (Wildman–Crippen MR) is 122 cm³/mol. The van der Waals surface area contributed by atoms with Crippen LogP contribution in [0.5, 0.6) is 0 Å². The van der Waals surface area contributed by atoms with Gasteiger partial charge in [-0.05, 0) is 43.4 Å². The van der Waals surface area contributed by atoms with Gasteiger partial charge < -0.3 is 14.2 Å². The van der Waals surface area contributed by atoms with Gasteiger partial charge in [0.15, 0.2) is 6.29 Å². The molecule has 2 unspecified atom stereocenters. The first-order chi connectivity index (χ1) is 13.7. The Morgan fingerprint density at radius 2 is 1.14 bits per heavy atom. The average molecular weight is 415 g/mol. The van der Waals surface area contributed by atoms with Crippen molar-refractivity contribution in [3.05, 3.63) is 0 Å². The Kier molecular flexibility index (Phi) is 17.8. The lowest BCUT2D eigenvalue weighted by molar-refractivity contribution is -0.172. The molecule has 0 bridgehead atoms. The molecule has 0 rings (SSSR count). The maximum atomic E-state index is 11.9. The van der Waals surface area contributed by atoms with Crippen LogP contribution >= 0.6 is 0 Å². The maximum absolute atomic E-state index is 11.9. The van der Waals surface area contributed by atoms with E-state index in [4.69, 9.17) is 14.2 Å². The third-order valence-electron chi connectivity index (χ3n) is 5.42. The van der Waals surface area contributed by atoms with Crippen molar-refractivity contribution in [2.45, 2.75) is 113 Å². The SMILES string of the molecule is CCOC(=O)CC(OCCC(C)CCCC(C)C)OCCC(C)CCCC(C)C. The van der Waals surface area contributed by atoms with Crippen molar-refractivity contribution < 1.29 is 19.0 Å². The van der Waals surface area contributed by atoms with Crippen molar-refractivity contribution in [3.63, 3.8) is 0 Å². The van der Waals surface area contributed by atoms with Crippen molar-refractivity contribution in [2.75, 3.05) is 19.8 Å². The number of hydrogen-bond donors (Lipinski definition) is 0. The number of hydrogen-bond acceptors (Lipinski definition) is 4. The van der Waals surface area contributed by atoms with Gasteiger partial charge in [0.05, 0.1) is 26.2 Å². The molecule has 0 aromatic rings. The summed E-state index contributed by atoms with van der Waals surface area (Å²) < 4.78 is 16.9. The maximum Gasteiger partial charge on any atom is 0.310 e. The highest BCUT2D eigenvalue weighted by molar-refractivity contribution is 5.69. The molecule has 0 N–H and O–H groups in total. The van der Waals surface area contributed by atoms with Gasteiger partial charge in [-0.25, -0.2) is 0 Å². The molecule has 0 aliphatic rings. The lowest BCUT2D eigenvalue weighted by Crippen LogP contribution is -2.24. The second-order valence-corrected chi connectivity index (χ2v) is 9.62. The highest BCUT2D eigenvalue weighted by atomic mass is 16.7. The first kappa shape index (κ1) is 28.4. The molecule has 0 heterocycles. The zero-order chi connectivity index (χ0) is 22.1. The molecule has 0 aliphatic carbocycles. The Labute approximate surface area is 181 Å². The second kappa shape index (κ2) is 18.2. The first-order valence-corrected chi connectivity index (χ1v) is 12.1. The largest absolute Gasteiger partial charge is 0.466 e. The number of ether oxygens (including phenoxy) is 3. The monoisotopic (exact) mass is 414 g/mol. The first-order valence-electron chi connectivity index (χ1n) is 12.1. The number of esters is 1. The quantitative estimate of drug-likeness (QED) is 0.168. The minimum Gasteiger partial charge on any atom is -0.466 e. The Bertz CT molecular complexity index is 355. The van der Waals surface area contributed by atoms with Crippen LogP contribution in [-0.2, 0) is 19.0 Å². The molecule has 0 aromatic carbocycles. The van der Waals surface area contributed by atoms with Gasteiger partial charge in [-0.1, -0.05) is 80.1 Å². The van der Waals surface area contributed by atoms with Crippen molar-refractivity contribution in [1.82, 2.24) is 0 Å². The average Bonchev–Trinajstić information content (AvgIpc) is 2.61. The van der Waals surface area contributed by atoms with E-state index < -0.39 is 6.29 Å². The number of rotatable bonds is 19. The molecule has 29 heavy (non-hydrogen) atoms. The summed E-state index contributed by atoms with van der Waals surface area (Å²) in [6, 6.07) is 0. The van der Waals surface area contributed by atoms with Crippen LogP contribution in [0.4, 0.5) is 0 Å². The summed E-state index contributed by atoms with van der Waals surface area (Å²) in [5, 5.41) is 0. The smallest absolute Gasteiger partial charge is 0.310 e. The molecule has 0 fully saturated rings. The third-order valence-corrected chi connectivity index (χ3v) is 5.42. The summed E-state index contributed by atoms with van der Waals surface area (Å²) in [7, 11) is 0. The normalized spacial score (nSPS) is 14.9.